The summed E-state index contributed by atoms with van der Waals surface area (Å²) in [5.41, 5.74) is 1.62. The second-order valence-corrected chi connectivity index (χ2v) is 6.83. The van der Waals surface area contributed by atoms with E-state index < -0.39 is 11.7 Å². The third kappa shape index (κ3) is 3.13. The van der Waals surface area contributed by atoms with Crippen LogP contribution in [0.15, 0.2) is 22.3 Å². The highest BCUT2D eigenvalue weighted by Crippen LogP contribution is 2.30. The molecule has 0 unspecified atom stereocenters. The second-order valence-electron chi connectivity index (χ2n) is 6.83. The molecule has 1 aliphatic heterocycles. The number of ketones is 2. The molecule has 2 rings (SSSR count). The number of allylic oxidation sites excluding steroid dienone is 2. The molecule has 0 aromatic carbocycles. The first kappa shape index (κ1) is 16.5. The van der Waals surface area contributed by atoms with Crippen LogP contribution in [0.5, 0.6) is 0 Å². The molecule has 120 valence electrons. The van der Waals surface area contributed by atoms with Crippen molar-refractivity contribution in [3.05, 3.63) is 22.3 Å². The van der Waals surface area contributed by atoms with E-state index in [1.807, 2.05) is 20.8 Å². The van der Waals surface area contributed by atoms with Crippen molar-refractivity contribution in [3.63, 3.8) is 0 Å². The summed E-state index contributed by atoms with van der Waals surface area (Å²) in [4.78, 5) is 38.5. The van der Waals surface area contributed by atoms with Crippen molar-refractivity contribution in [1.29, 1.82) is 0 Å². The van der Waals surface area contributed by atoms with Gasteiger partial charge in [-0.05, 0) is 47.5 Å². The minimum absolute atomic E-state index is 0.0573. The van der Waals surface area contributed by atoms with Gasteiger partial charge in [-0.2, -0.15) is 0 Å². The lowest BCUT2D eigenvalue weighted by atomic mass is 9.83. The van der Waals surface area contributed by atoms with Gasteiger partial charge in [0.25, 0.3) is 0 Å². The molecule has 1 amide bonds. The van der Waals surface area contributed by atoms with Gasteiger partial charge in [-0.3, -0.25) is 9.59 Å². The van der Waals surface area contributed by atoms with Gasteiger partial charge in [0.1, 0.15) is 5.60 Å². The summed E-state index contributed by atoms with van der Waals surface area (Å²) >= 11 is 0. The highest BCUT2D eigenvalue weighted by molar-refractivity contribution is 6.24. The molecule has 2 aliphatic rings. The topological polar surface area (TPSA) is 63.7 Å². The van der Waals surface area contributed by atoms with Crippen molar-refractivity contribution >= 4 is 17.7 Å². The average Bonchev–Trinajstić information content (AvgIpc) is 2.64. The van der Waals surface area contributed by atoms with Crippen molar-refractivity contribution in [2.45, 2.75) is 53.1 Å². The molecule has 0 aromatic rings. The molecule has 5 heteroatoms. The molecule has 0 N–H and O–H groups in total. The van der Waals surface area contributed by atoms with Crippen LogP contribution in [0.4, 0.5) is 4.79 Å². The van der Waals surface area contributed by atoms with Gasteiger partial charge in [0.05, 0.1) is 0 Å². The van der Waals surface area contributed by atoms with E-state index in [0.717, 1.165) is 0 Å². The Balaban J connectivity index is 2.16. The van der Waals surface area contributed by atoms with Gasteiger partial charge in [0, 0.05) is 35.4 Å². The maximum Gasteiger partial charge on any atom is 0.410 e. The molecule has 1 heterocycles. The molecule has 0 saturated heterocycles. The molecule has 0 bridgehead atoms. The van der Waals surface area contributed by atoms with Crippen LogP contribution in [-0.4, -0.2) is 41.3 Å². The van der Waals surface area contributed by atoms with Gasteiger partial charge >= 0.3 is 6.09 Å². The summed E-state index contributed by atoms with van der Waals surface area (Å²) in [6.45, 7) is 9.63. The Labute approximate surface area is 131 Å². The van der Waals surface area contributed by atoms with E-state index in [0.29, 0.717) is 48.2 Å². The van der Waals surface area contributed by atoms with Gasteiger partial charge in [-0.1, -0.05) is 0 Å². The van der Waals surface area contributed by atoms with Crippen LogP contribution in [0, 0.1) is 0 Å². The molecule has 0 atom stereocenters. The minimum atomic E-state index is -0.559. The lowest BCUT2D eigenvalue weighted by Crippen LogP contribution is -2.37. The highest BCUT2D eigenvalue weighted by atomic mass is 16.6. The van der Waals surface area contributed by atoms with Gasteiger partial charge < -0.3 is 9.64 Å². The molecule has 0 fully saturated rings. The van der Waals surface area contributed by atoms with E-state index >= 15 is 0 Å². The van der Waals surface area contributed by atoms with Crippen molar-refractivity contribution in [1.82, 2.24) is 4.90 Å². The number of amides is 1. The second kappa shape index (κ2) is 5.71. The maximum absolute atomic E-state index is 12.4. The van der Waals surface area contributed by atoms with Crippen LogP contribution in [0.3, 0.4) is 0 Å². The summed E-state index contributed by atoms with van der Waals surface area (Å²) in [6, 6.07) is 0. The molecule has 1 aliphatic carbocycles. The minimum Gasteiger partial charge on any atom is -0.444 e. The summed E-state index contributed by atoms with van der Waals surface area (Å²) in [5, 5.41) is 0. The van der Waals surface area contributed by atoms with E-state index in [9.17, 15) is 14.4 Å². The summed E-state index contributed by atoms with van der Waals surface area (Å²) in [6.07, 6.45) is 0.418. The number of rotatable bonds is 0. The molecule has 22 heavy (non-hydrogen) atoms. The Morgan fingerprint density at radius 1 is 0.955 bits per heavy atom. The zero-order chi connectivity index (χ0) is 16.7. The number of nitrogens with zero attached hydrogens (tertiary/aromatic N) is 1. The average molecular weight is 305 g/mol. The largest absolute Gasteiger partial charge is 0.444 e. The Morgan fingerprint density at radius 3 is 1.73 bits per heavy atom. The fourth-order valence-electron chi connectivity index (χ4n) is 2.71. The lowest BCUT2D eigenvalue weighted by molar-refractivity contribution is -0.116. The number of hydrogen-bond donors (Lipinski definition) is 0. The lowest BCUT2D eigenvalue weighted by Gasteiger charge is -2.26. The third-order valence-electron chi connectivity index (χ3n) is 4.07. The summed E-state index contributed by atoms with van der Waals surface area (Å²) in [5.74, 6) is -0.115. The molecular formula is C17H23NO4. The van der Waals surface area contributed by atoms with E-state index in [1.165, 1.54) is 0 Å². The van der Waals surface area contributed by atoms with Crippen LogP contribution in [0.2, 0.25) is 0 Å². The molecule has 0 aromatic heterocycles. The van der Waals surface area contributed by atoms with Crippen LogP contribution in [0.25, 0.3) is 0 Å². The smallest absolute Gasteiger partial charge is 0.410 e. The third-order valence-corrected chi connectivity index (χ3v) is 4.07. The molecule has 0 radical (unpaired) electrons. The summed E-state index contributed by atoms with van der Waals surface area (Å²) < 4.78 is 5.37. The molecule has 0 saturated carbocycles. The Kier molecular flexibility index (Phi) is 4.27. The fourth-order valence-corrected chi connectivity index (χ4v) is 2.71. The van der Waals surface area contributed by atoms with E-state index in [2.05, 4.69) is 0 Å². The maximum atomic E-state index is 12.4. The predicted molar refractivity (Wildman–Crippen MR) is 82.5 cm³/mol. The first-order valence-electron chi connectivity index (χ1n) is 7.58. The van der Waals surface area contributed by atoms with Gasteiger partial charge in [0.15, 0.2) is 11.6 Å². The summed E-state index contributed by atoms with van der Waals surface area (Å²) in [7, 11) is 0. The van der Waals surface area contributed by atoms with Crippen LogP contribution < -0.4 is 0 Å². The van der Waals surface area contributed by atoms with Gasteiger partial charge in [-0.25, -0.2) is 4.79 Å². The zero-order valence-corrected chi connectivity index (χ0v) is 13.9. The van der Waals surface area contributed by atoms with Crippen molar-refractivity contribution in [3.8, 4) is 0 Å². The molecule has 0 spiro atoms. The zero-order valence-electron chi connectivity index (χ0n) is 13.9. The standard InChI is InChI=1S/C17H23NO4/c1-10-11(2)15(20)13-7-9-18(8-6-12(13)14(10)19)16(21)22-17(3,4)5/h6-9H2,1-5H3. The number of carbonyl (C=O) groups is 3. The molecular weight excluding hydrogens is 282 g/mol. The van der Waals surface area contributed by atoms with Gasteiger partial charge in [0.2, 0.25) is 0 Å². The van der Waals surface area contributed by atoms with Crippen LogP contribution in [0.1, 0.15) is 47.5 Å². The fraction of sp³-hybridized carbons (Fsp3) is 0.588. The van der Waals surface area contributed by atoms with E-state index in [1.54, 1.807) is 18.7 Å². The number of carbonyl (C=O) groups excluding carboxylic acids is 3. The predicted octanol–water partition coefficient (Wildman–Crippen LogP) is 2.80. The Morgan fingerprint density at radius 2 is 1.36 bits per heavy atom. The van der Waals surface area contributed by atoms with Crippen molar-refractivity contribution in [2.24, 2.45) is 0 Å². The Bertz CT molecular complexity index is 567. The van der Waals surface area contributed by atoms with E-state index in [-0.39, 0.29) is 11.6 Å². The first-order chi connectivity index (χ1) is 10.1. The number of Topliss-reactive ketones (excluding diaryl/α,β-unsaturated/α-hetero) is 2. The Hall–Kier alpha value is -1.91. The van der Waals surface area contributed by atoms with Crippen molar-refractivity contribution < 1.29 is 19.1 Å². The quantitative estimate of drug-likeness (QED) is 0.646. The molecule has 5 nitrogen and oxygen atoms in total. The van der Waals surface area contributed by atoms with E-state index in [4.69, 9.17) is 4.74 Å². The normalized spacial score (nSPS) is 20.1. The van der Waals surface area contributed by atoms with Crippen LogP contribution >= 0.6 is 0 Å². The number of hydrogen-bond acceptors (Lipinski definition) is 4. The number of ether oxygens (including phenoxy) is 1. The highest BCUT2D eigenvalue weighted by Gasteiger charge is 2.33. The first-order valence-corrected chi connectivity index (χ1v) is 7.58. The van der Waals surface area contributed by atoms with Crippen molar-refractivity contribution in [2.75, 3.05) is 13.1 Å². The monoisotopic (exact) mass is 305 g/mol. The SMILES string of the molecule is CC1=C(C)C(=O)C2=C(CCN(C(=O)OC(C)(C)C)CC2)C1=O. The van der Waals surface area contributed by atoms with Gasteiger partial charge in [-0.15, -0.1) is 0 Å². The van der Waals surface area contributed by atoms with Crippen LogP contribution in [-0.2, 0) is 14.3 Å².